The molecule has 0 fully saturated rings. The number of carbonyl (C=O) groups excluding carboxylic acids is 1. The van der Waals surface area contributed by atoms with E-state index >= 15 is 0 Å². The number of benzene rings is 1. The molecule has 1 unspecified atom stereocenters. The van der Waals surface area contributed by atoms with Gasteiger partial charge < -0.3 is 4.74 Å². The third kappa shape index (κ3) is 1.43. The van der Waals surface area contributed by atoms with Crippen LogP contribution in [0.2, 0.25) is 0 Å². The first-order chi connectivity index (χ1) is 6.68. The Labute approximate surface area is 83.2 Å². The van der Waals surface area contributed by atoms with E-state index in [0.29, 0.717) is 0 Å². The molecule has 0 spiro atoms. The number of hydrogen-bond acceptors (Lipinski definition) is 2. The lowest BCUT2D eigenvalue weighted by molar-refractivity contribution is -0.137. The van der Waals surface area contributed by atoms with E-state index in [9.17, 15) is 4.79 Å². The van der Waals surface area contributed by atoms with E-state index in [1.165, 1.54) is 12.5 Å². The molecule has 1 aliphatic carbocycles. The molecule has 1 aliphatic rings. The standard InChI is InChI=1S/C12H12O2/c1-8-11-6-4-3-5-10(11)7-12(8)14-9(2)13/h3-8H,1-2H3. The van der Waals surface area contributed by atoms with E-state index in [1.54, 1.807) is 0 Å². The number of carbonyl (C=O) groups is 1. The normalized spacial score (nSPS) is 18.7. The highest BCUT2D eigenvalue weighted by Gasteiger charge is 2.22. The summed E-state index contributed by atoms with van der Waals surface area (Å²) in [6.45, 7) is 3.47. The number of rotatable bonds is 1. The van der Waals surface area contributed by atoms with Crippen molar-refractivity contribution < 1.29 is 9.53 Å². The molecular weight excluding hydrogens is 176 g/mol. The number of esters is 1. The topological polar surface area (TPSA) is 26.3 Å². The Kier molecular flexibility index (Phi) is 2.12. The van der Waals surface area contributed by atoms with Gasteiger partial charge in [-0.2, -0.15) is 0 Å². The molecule has 0 heterocycles. The van der Waals surface area contributed by atoms with E-state index < -0.39 is 0 Å². The lowest BCUT2D eigenvalue weighted by Crippen LogP contribution is -2.02. The summed E-state index contributed by atoms with van der Waals surface area (Å²) in [6, 6.07) is 8.08. The van der Waals surface area contributed by atoms with Crippen LogP contribution >= 0.6 is 0 Å². The fourth-order valence-corrected chi connectivity index (χ4v) is 1.75. The van der Waals surface area contributed by atoms with E-state index in [1.807, 2.05) is 31.2 Å². The van der Waals surface area contributed by atoms with Gasteiger partial charge in [-0.05, 0) is 17.2 Å². The number of hydrogen-bond donors (Lipinski definition) is 0. The Morgan fingerprint density at radius 1 is 1.36 bits per heavy atom. The van der Waals surface area contributed by atoms with Gasteiger partial charge in [-0.3, -0.25) is 4.79 Å². The van der Waals surface area contributed by atoms with Gasteiger partial charge in [0.1, 0.15) is 5.76 Å². The van der Waals surface area contributed by atoms with E-state index in [4.69, 9.17) is 4.74 Å². The first kappa shape index (κ1) is 9.00. The van der Waals surface area contributed by atoms with Crippen LogP contribution in [0.3, 0.4) is 0 Å². The van der Waals surface area contributed by atoms with Crippen molar-refractivity contribution in [1.82, 2.24) is 0 Å². The van der Waals surface area contributed by atoms with Gasteiger partial charge in [-0.25, -0.2) is 0 Å². The predicted molar refractivity (Wildman–Crippen MR) is 54.6 cm³/mol. The van der Waals surface area contributed by atoms with Crippen molar-refractivity contribution in [3.8, 4) is 0 Å². The van der Waals surface area contributed by atoms with Crippen LogP contribution in [-0.2, 0) is 9.53 Å². The van der Waals surface area contributed by atoms with Crippen molar-refractivity contribution in [3.05, 3.63) is 41.2 Å². The van der Waals surface area contributed by atoms with Crippen molar-refractivity contribution >= 4 is 12.0 Å². The molecule has 2 nitrogen and oxygen atoms in total. The molecule has 2 rings (SSSR count). The molecule has 0 aromatic heterocycles. The summed E-state index contributed by atoms with van der Waals surface area (Å²) in [5.41, 5.74) is 2.38. The maximum Gasteiger partial charge on any atom is 0.307 e. The fourth-order valence-electron chi connectivity index (χ4n) is 1.75. The molecule has 0 N–H and O–H groups in total. The summed E-state index contributed by atoms with van der Waals surface area (Å²) in [5.74, 6) is 0.685. The molecule has 0 saturated carbocycles. The van der Waals surface area contributed by atoms with E-state index in [0.717, 1.165) is 11.3 Å². The Bertz CT molecular complexity index is 405. The van der Waals surface area contributed by atoms with E-state index in [-0.39, 0.29) is 11.9 Å². The van der Waals surface area contributed by atoms with Crippen molar-refractivity contribution in [3.63, 3.8) is 0 Å². The zero-order valence-electron chi connectivity index (χ0n) is 8.28. The number of ether oxygens (including phenoxy) is 1. The van der Waals surface area contributed by atoms with Gasteiger partial charge in [0.15, 0.2) is 0 Å². The Balaban J connectivity index is 2.32. The second-order valence-electron chi connectivity index (χ2n) is 3.49. The molecule has 1 aromatic rings. The van der Waals surface area contributed by atoms with Gasteiger partial charge in [0.25, 0.3) is 0 Å². The largest absolute Gasteiger partial charge is 0.431 e. The van der Waals surface area contributed by atoms with Crippen LogP contribution in [-0.4, -0.2) is 5.97 Å². The first-order valence-electron chi connectivity index (χ1n) is 4.67. The molecule has 2 heteroatoms. The molecule has 1 atom stereocenters. The van der Waals surface area contributed by atoms with Gasteiger partial charge in [0.2, 0.25) is 0 Å². The van der Waals surface area contributed by atoms with Gasteiger partial charge in [-0.1, -0.05) is 31.2 Å². The first-order valence-corrected chi connectivity index (χ1v) is 4.67. The summed E-state index contributed by atoms with van der Waals surface area (Å²) in [7, 11) is 0. The molecule has 0 amide bonds. The van der Waals surface area contributed by atoms with Crippen LogP contribution in [0.1, 0.15) is 30.9 Å². The van der Waals surface area contributed by atoms with Crippen molar-refractivity contribution in [2.45, 2.75) is 19.8 Å². The second-order valence-corrected chi connectivity index (χ2v) is 3.49. The highest BCUT2D eigenvalue weighted by atomic mass is 16.5. The van der Waals surface area contributed by atoms with Crippen molar-refractivity contribution in [2.75, 3.05) is 0 Å². The van der Waals surface area contributed by atoms with Gasteiger partial charge in [0.05, 0.1) is 0 Å². The summed E-state index contributed by atoms with van der Waals surface area (Å²) in [4.78, 5) is 10.8. The van der Waals surface area contributed by atoms with Crippen LogP contribution in [0.25, 0.3) is 6.08 Å². The van der Waals surface area contributed by atoms with Crippen LogP contribution in [0.4, 0.5) is 0 Å². The highest BCUT2D eigenvalue weighted by molar-refractivity contribution is 5.72. The molecule has 0 saturated heterocycles. The maximum atomic E-state index is 10.8. The SMILES string of the molecule is CC(=O)OC1=Cc2ccccc2C1C. The van der Waals surface area contributed by atoms with Crippen molar-refractivity contribution in [2.24, 2.45) is 0 Å². The van der Waals surface area contributed by atoms with Crippen LogP contribution < -0.4 is 0 Å². The molecular formula is C12H12O2. The Morgan fingerprint density at radius 2 is 2.07 bits per heavy atom. The third-order valence-electron chi connectivity index (χ3n) is 2.45. The lowest BCUT2D eigenvalue weighted by atomic mass is 10.0. The molecule has 0 aliphatic heterocycles. The summed E-state index contributed by atoms with van der Waals surface area (Å²) < 4.78 is 5.13. The molecule has 14 heavy (non-hydrogen) atoms. The highest BCUT2D eigenvalue weighted by Crippen LogP contribution is 2.35. The van der Waals surface area contributed by atoms with Crippen LogP contribution in [0.5, 0.6) is 0 Å². The van der Waals surface area contributed by atoms with Crippen molar-refractivity contribution in [1.29, 1.82) is 0 Å². The second kappa shape index (κ2) is 3.29. The van der Waals surface area contributed by atoms with Gasteiger partial charge in [0, 0.05) is 12.8 Å². The Hall–Kier alpha value is -1.57. The smallest absolute Gasteiger partial charge is 0.307 e. The molecule has 1 aromatic carbocycles. The zero-order chi connectivity index (χ0) is 10.1. The van der Waals surface area contributed by atoms with E-state index in [2.05, 4.69) is 6.07 Å². The number of allylic oxidation sites excluding steroid dienone is 1. The third-order valence-corrected chi connectivity index (χ3v) is 2.45. The summed E-state index contributed by atoms with van der Waals surface area (Å²) >= 11 is 0. The molecule has 72 valence electrons. The monoisotopic (exact) mass is 188 g/mol. The molecule has 0 bridgehead atoms. The minimum Gasteiger partial charge on any atom is -0.431 e. The van der Waals surface area contributed by atoms with Gasteiger partial charge in [-0.15, -0.1) is 0 Å². The summed E-state index contributed by atoms with van der Waals surface area (Å²) in [6.07, 6.45) is 1.93. The quantitative estimate of drug-likeness (QED) is 0.633. The Morgan fingerprint density at radius 3 is 2.71 bits per heavy atom. The van der Waals surface area contributed by atoms with Crippen LogP contribution in [0.15, 0.2) is 30.0 Å². The maximum absolute atomic E-state index is 10.8. The number of fused-ring (bicyclic) bond motifs is 1. The fraction of sp³-hybridized carbons (Fsp3) is 0.250. The minimum absolute atomic E-state index is 0.190. The predicted octanol–water partition coefficient (Wildman–Crippen LogP) is 2.71. The van der Waals surface area contributed by atoms with Gasteiger partial charge >= 0.3 is 5.97 Å². The van der Waals surface area contributed by atoms with Crippen LogP contribution in [0, 0.1) is 0 Å². The minimum atomic E-state index is -0.254. The average molecular weight is 188 g/mol. The lowest BCUT2D eigenvalue weighted by Gasteiger charge is -2.09. The average Bonchev–Trinajstić information content (AvgIpc) is 2.44. The zero-order valence-corrected chi connectivity index (χ0v) is 8.28. The summed E-state index contributed by atoms with van der Waals surface area (Å²) in [5, 5.41) is 0. The molecule has 0 radical (unpaired) electrons.